The lowest BCUT2D eigenvalue weighted by molar-refractivity contribution is -0.909. The summed E-state index contributed by atoms with van der Waals surface area (Å²) in [5.74, 6) is 0. The van der Waals surface area contributed by atoms with Crippen LogP contribution in [0.2, 0.25) is 5.02 Å². The summed E-state index contributed by atoms with van der Waals surface area (Å²) in [4.78, 5) is 0. The molecule has 0 aliphatic rings. The minimum atomic E-state index is 0.232. The van der Waals surface area contributed by atoms with Crippen LogP contribution in [0.4, 0.5) is 0 Å². The predicted molar refractivity (Wildman–Crippen MR) is 41.5 cm³/mol. The van der Waals surface area contributed by atoms with Crippen LogP contribution in [-0.2, 0) is 6.54 Å². The average Bonchev–Trinajstić information content (AvgIpc) is 1.85. The maximum absolute atomic E-state index is 9.22. The topological polar surface area (TPSA) is 50.1 Å². The van der Waals surface area contributed by atoms with Gasteiger partial charge in [0.05, 0.1) is 6.54 Å². The first-order chi connectivity index (χ1) is 5.15. The molecule has 0 aliphatic carbocycles. The van der Waals surface area contributed by atoms with Gasteiger partial charge in [0.25, 0.3) is 5.69 Å². The fourth-order valence-corrected chi connectivity index (χ4v) is 1.23. The molecule has 1 aromatic heterocycles. The van der Waals surface area contributed by atoms with E-state index in [-0.39, 0.29) is 6.54 Å². The lowest BCUT2D eigenvalue weighted by Crippen LogP contribution is -2.37. The van der Waals surface area contributed by atoms with Gasteiger partial charge in [-0.2, -0.15) is 0 Å². The molecule has 60 valence electrons. The molecule has 0 saturated carbocycles. The summed E-state index contributed by atoms with van der Waals surface area (Å²) in [6.07, 6.45) is 1.56. The Balaban J connectivity index is 3.25. The van der Waals surface area contributed by atoms with Crippen LogP contribution in [0.15, 0.2) is 12.3 Å². The summed E-state index contributed by atoms with van der Waals surface area (Å²) in [5.41, 5.74) is 6.76. The van der Waals surface area contributed by atoms with Crippen molar-refractivity contribution in [3.05, 3.63) is 28.5 Å². The number of halogens is 1. The zero-order valence-corrected chi connectivity index (χ0v) is 6.97. The highest BCUT2D eigenvalue weighted by Crippen LogP contribution is 2.11. The molecule has 1 rings (SSSR count). The van der Waals surface area contributed by atoms with Gasteiger partial charge < -0.3 is 5.73 Å². The van der Waals surface area contributed by atoms with Crippen molar-refractivity contribution in [2.24, 2.45) is 5.73 Å². The highest BCUT2D eigenvalue weighted by atomic mass is 35.5. The van der Waals surface area contributed by atoms with Crippen LogP contribution in [0.3, 0.4) is 0 Å². The molecule has 0 aliphatic heterocycles. The molecule has 0 saturated heterocycles. The summed E-state index contributed by atoms with van der Waals surface area (Å²) >= 11 is 5.77. The zero-order chi connectivity index (χ0) is 8.43. The Labute approximate surface area is 70.0 Å². The summed E-state index contributed by atoms with van der Waals surface area (Å²) < 4.78 is 0.956. The summed E-state index contributed by atoms with van der Waals surface area (Å²) in [6.45, 7) is 2.08. The van der Waals surface area contributed by atoms with E-state index in [4.69, 9.17) is 17.3 Å². The Hall–Kier alpha value is -0.800. The van der Waals surface area contributed by atoms with Gasteiger partial charge in [-0.1, -0.05) is 11.6 Å². The van der Waals surface area contributed by atoms with Gasteiger partial charge in [0.15, 0.2) is 0 Å². The van der Waals surface area contributed by atoms with Crippen molar-refractivity contribution < 1.29 is 9.94 Å². The number of nitrogens with two attached hydrogens (primary N) is 1. The van der Waals surface area contributed by atoms with Gasteiger partial charge in [0.1, 0.15) is 5.02 Å². The smallest absolute Gasteiger partial charge is 0.266 e. The van der Waals surface area contributed by atoms with E-state index in [1.807, 2.05) is 6.92 Å². The molecule has 3 nitrogen and oxygen atoms in total. The Kier molecular flexibility index (Phi) is 2.31. The Bertz CT molecular complexity index is 252. The van der Waals surface area contributed by atoms with Crippen LogP contribution in [0.5, 0.6) is 0 Å². The van der Waals surface area contributed by atoms with Gasteiger partial charge in [0.2, 0.25) is 6.20 Å². The number of pyridine rings is 1. The molecule has 0 radical (unpaired) electrons. The van der Waals surface area contributed by atoms with Crippen LogP contribution in [0.25, 0.3) is 0 Å². The van der Waals surface area contributed by atoms with Gasteiger partial charge in [-0.25, -0.2) is 0 Å². The largest absolute Gasteiger partial charge is 0.321 e. The number of nitrogens with zero attached hydrogens (tertiary/aromatic N) is 1. The van der Waals surface area contributed by atoms with E-state index in [0.29, 0.717) is 10.7 Å². The predicted octanol–water partition coefficient (Wildman–Crippen LogP) is 0.632. The standard InChI is InChI=1S/C7H10ClN2O/c1-5-2-6(8)7(3-9)10(11)4-5/h2,4,11H,3,9H2,1H3/q+1. The van der Waals surface area contributed by atoms with Gasteiger partial charge in [0, 0.05) is 10.3 Å². The lowest BCUT2D eigenvalue weighted by Gasteiger charge is -1.96. The molecular formula is C7H10ClN2O+. The van der Waals surface area contributed by atoms with Gasteiger partial charge in [-0.3, -0.25) is 5.21 Å². The first kappa shape index (κ1) is 8.30. The third kappa shape index (κ3) is 1.61. The number of hydrogen-bond acceptors (Lipinski definition) is 2. The summed E-state index contributed by atoms with van der Waals surface area (Å²) in [6, 6.07) is 1.76. The number of aryl methyl sites for hydroxylation is 1. The maximum atomic E-state index is 9.22. The highest BCUT2D eigenvalue weighted by Gasteiger charge is 2.13. The third-order valence-corrected chi connectivity index (χ3v) is 1.75. The van der Waals surface area contributed by atoms with Gasteiger partial charge >= 0.3 is 0 Å². The van der Waals surface area contributed by atoms with Crippen molar-refractivity contribution in [1.82, 2.24) is 0 Å². The highest BCUT2D eigenvalue weighted by molar-refractivity contribution is 6.31. The van der Waals surface area contributed by atoms with Crippen molar-refractivity contribution in [3.8, 4) is 0 Å². The minimum Gasteiger partial charge on any atom is -0.321 e. The molecule has 1 aromatic rings. The van der Waals surface area contributed by atoms with E-state index < -0.39 is 0 Å². The van der Waals surface area contributed by atoms with Crippen molar-refractivity contribution in [2.75, 3.05) is 0 Å². The Morgan fingerprint density at radius 2 is 2.36 bits per heavy atom. The molecule has 4 heteroatoms. The maximum Gasteiger partial charge on any atom is 0.266 e. The molecule has 3 N–H and O–H groups in total. The quantitative estimate of drug-likeness (QED) is 0.484. The monoisotopic (exact) mass is 173 g/mol. The van der Waals surface area contributed by atoms with Crippen molar-refractivity contribution in [3.63, 3.8) is 0 Å². The fraction of sp³-hybridized carbons (Fsp3) is 0.286. The Morgan fingerprint density at radius 1 is 1.73 bits per heavy atom. The van der Waals surface area contributed by atoms with Crippen LogP contribution >= 0.6 is 11.6 Å². The van der Waals surface area contributed by atoms with E-state index >= 15 is 0 Å². The number of rotatable bonds is 1. The Morgan fingerprint density at radius 3 is 2.82 bits per heavy atom. The van der Waals surface area contributed by atoms with Crippen molar-refractivity contribution in [2.45, 2.75) is 13.5 Å². The van der Waals surface area contributed by atoms with Crippen molar-refractivity contribution in [1.29, 1.82) is 0 Å². The molecule has 1 heterocycles. The number of hydrogen-bond donors (Lipinski definition) is 2. The molecule has 0 aromatic carbocycles. The summed E-state index contributed by atoms with van der Waals surface area (Å²) in [7, 11) is 0. The molecule has 0 bridgehead atoms. The zero-order valence-electron chi connectivity index (χ0n) is 6.21. The van der Waals surface area contributed by atoms with Crippen LogP contribution < -0.4 is 10.5 Å². The van der Waals surface area contributed by atoms with E-state index in [0.717, 1.165) is 10.3 Å². The average molecular weight is 174 g/mol. The normalized spacial score (nSPS) is 10.1. The van der Waals surface area contributed by atoms with E-state index in [2.05, 4.69) is 0 Å². The molecule has 0 fully saturated rings. The van der Waals surface area contributed by atoms with E-state index in [9.17, 15) is 5.21 Å². The van der Waals surface area contributed by atoms with E-state index in [1.54, 1.807) is 12.3 Å². The van der Waals surface area contributed by atoms with E-state index in [1.165, 1.54) is 0 Å². The van der Waals surface area contributed by atoms with Crippen molar-refractivity contribution >= 4 is 11.6 Å². The third-order valence-electron chi connectivity index (χ3n) is 1.43. The second-order valence-corrected chi connectivity index (χ2v) is 2.77. The molecule has 0 amide bonds. The first-order valence-corrected chi connectivity index (χ1v) is 3.63. The SMILES string of the molecule is Cc1cc(Cl)c(CN)[n+](O)c1. The van der Waals surface area contributed by atoms with Crippen LogP contribution in [0.1, 0.15) is 11.3 Å². The van der Waals surface area contributed by atoms with Crippen LogP contribution in [-0.4, -0.2) is 5.21 Å². The minimum absolute atomic E-state index is 0.232. The second kappa shape index (κ2) is 3.07. The summed E-state index contributed by atoms with van der Waals surface area (Å²) in [5, 5.41) is 9.72. The van der Waals surface area contributed by atoms with Gasteiger partial charge in [-0.15, -0.1) is 0 Å². The van der Waals surface area contributed by atoms with Gasteiger partial charge in [-0.05, 0) is 13.0 Å². The molecule has 0 atom stereocenters. The first-order valence-electron chi connectivity index (χ1n) is 3.25. The molecule has 0 spiro atoms. The molecule has 0 unspecified atom stereocenters. The fourth-order valence-electron chi connectivity index (χ4n) is 0.892. The van der Waals surface area contributed by atoms with Crippen LogP contribution in [0, 0.1) is 6.92 Å². The molecular weight excluding hydrogens is 164 g/mol. The molecule has 11 heavy (non-hydrogen) atoms. The number of aromatic nitrogens is 1. The lowest BCUT2D eigenvalue weighted by atomic mass is 10.3. The second-order valence-electron chi connectivity index (χ2n) is 2.36.